The summed E-state index contributed by atoms with van der Waals surface area (Å²) >= 11 is 5.73. The number of rotatable bonds is 3. The number of carbonyl (C=O) groups excluding carboxylic acids is 1. The van der Waals surface area contributed by atoms with E-state index in [0.717, 1.165) is 5.56 Å². The van der Waals surface area contributed by atoms with Crippen LogP contribution in [0, 0.1) is 0 Å². The summed E-state index contributed by atoms with van der Waals surface area (Å²) in [5.74, 6) is -0.235. The standard InChI is InChI=1S/C14H14ClN3O/c1-9(10-2-5-12(16)6-3-10)18-14(19)13-7-4-11(15)8-17-13/h2-9H,16H2,1H3,(H,18,19). The van der Waals surface area contributed by atoms with Gasteiger partial charge in [0.2, 0.25) is 0 Å². The van der Waals surface area contributed by atoms with Crippen molar-refractivity contribution in [3.05, 3.63) is 58.9 Å². The maximum atomic E-state index is 12.0. The third kappa shape index (κ3) is 3.45. The Morgan fingerprint density at radius 3 is 2.53 bits per heavy atom. The first kappa shape index (κ1) is 13.4. The summed E-state index contributed by atoms with van der Waals surface area (Å²) in [6.07, 6.45) is 1.45. The topological polar surface area (TPSA) is 68.0 Å². The fourth-order valence-electron chi connectivity index (χ4n) is 1.65. The number of hydrogen-bond acceptors (Lipinski definition) is 3. The van der Waals surface area contributed by atoms with Crippen molar-refractivity contribution >= 4 is 23.2 Å². The van der Waals surface area contributed by atoms with Gasteiger partial charge in [-0.3, -0.25) is 4.79 Å². The van der Waals surface area contributed by atoms with Crippen LogP contribution in [0.3, 0.4) is 0 Å². The number of nitrogens with zero attached hydrogens (tertiary/aromatic N) is 1. The summed E-state index contributed by atoms with van der Waals surface area (Å²) in [6, 6.07) is 10.5. The van der Waals surface area contributed by atoms with Crippen molar-refractivity contribution in [2.45, 2.75) is 13.0 Å². The summed E-state index contributed by atoms with van der Waals surface area (Å²) in [6.45, 7) is 1.90. The Labute approximate surface area is 116 Å². The largest absolute Gasteiger partial charge is 0.399 e. The summed E-state index contributed by atoms with van der Waals surface area (Å²) in [4.78, 5) is 15.9. The first-order chi connectivity index (χ1) is 9.06. The van der Waals surface area contributed by atoms with Crippen molar-refractivity contribution in [2.75, 3.05) is 5.73 Å². The van der Waals surface area contributed by atoms with Crippen molar-refractivity contribution in [3.8, 4) is 0 Å². The van der Waals surface area contributed by atoms with Crippen LogP contribution in [0.1, 0.15) is 29.0 Å². The van der Waals surface area contributed by atoms with E-state index in [1.807, 2.05) is 19.1 Å². The summed E-state index contributed by atoms with van der Waals surface area (Å²) in [7, 11) is 0. The second-order valence-corrected chi connectivity index (χ2v) is 4.66. The van der Waals surface area contributed by atoms with Gasteiger partial charge in [0.25, 0.3) is 5.91 Å². The minimum atomic E-state index is -0.235. The van der Waals surface area contributed by atoms with Gasteiger partial charge in [-0.15, -0.1) is 0 Å². The monoisotopic (exact) mass is 275 g/mol. The molecule has 1 atom stereocenters. The van der Waals surface area contributed by atoms with Crippen molar-refractivity contribution in [2.24, 2.45) is 0 Å². The maximum absolute atomic E-state index is 12.0. The maximum Gasteiger partial charge on any atom is 0.270 e. The van der Waals surface area contributed by atoms with Crippen LogP contribution < -0.4 is 11.1 Å². The number of halogens is 1. The molecule has 1 aromatic heterocycles. The smallest absolute Gasteiger partial charge is 0.270 e. The number of aromatic nitrogens is 1. The number of nitrogens with two attached hydrogens (primary N) is 1. The van der Waals surface area contributed by atoms with E-state index in [4.69, 9.17) is 17.3 Å². The molecule has 3 N–H and O–H groups in total. The molecular weight excluding hydrogens is 262 g/mol. The highest BCUT2D eigenvalue weighted by atomic mass is 35.5. The summed E-state index contributed by atoms with van der Waals surface area (Å²) < 4.78 is 0. The van der Waals surface area contributed by atoms with Gasteiger partial charge in [-0.1, -0.05) is 23.7 Å². The molecule has 0 saturated heterocycles. The summed E-state index contributed by atoms with van der Waals surface area (Å²) in [5.41, 5.74) is 7.64. The zero-order valence-electron chi connectivity index (χ0n) is 10.4. The van der Waals surface area contributed by atoms with Gasteiger partial charge in [-0.2, -0.15) is 0 Å². The number of anilines is 1. The van der Waals surface area contributed by atoms with E-state index >= 15 is 0 Å². The number of pyridine rings is 1. The van der Waals surface area contributed by atoms with Crippen LogP contribution in [0.2, 0.25) is 5.02 Å². The normalized spacial score (nSPS) is 11.9. The third-order valence-corrected chi connectivity index (χ3v) is 2.97. The Morgan fingerprint density at radius 2 is 1.95 bits per heavy atom. The Morgan fingerprint density at radius 1 is 1.26 bits per heavy atom. The van der Waals surface area contributed by atoms with Gasteiger partial charge in [-0.25, -0.2) is 4.98 Å². The van der Waals surface area contributed by atoms with Crippen molar-refractivity contribution in [1.82, 2.24) is 10.3 Å². The molecule has 19 heavy (non-hydrogen) atoms. The molecule has 0 spiro atoms. The molecule has 1 unspecified atom stereocenters. The minimum Gasteiger partial charge on any atom is -0.399 e. The van der Waals surface area contributed by atoms with Crippen LogP contribution in [-0.4, -0.2) is 10.9 Å². The lowest BCUT2D eigenvalue weighted by Crippen LogP contribution is -2.27. The average molecular weight is 276 g/mol. The van der Waals surface area contributed by atoms with Crippen LogP contribution >= 0.6 is 11.6 Å². The lowest BCUT2D eigenvalue weighted by atomic mass is 10.1. The highest BCUT2D eigenvalue weighted by Crippen LogP contribution is 2.15. The number of benzene rings is 1. The number of nitrogen functional groups attached to an aromatic ring is 1. The molecule has 5 heteroatoms. The molecule has 0 fully saturated rings. The van der Waals surface area contributed by atoms with Gasteiger partial charge in [0.05, 0.1) is 11.1 Å². The fraction of sp³-hybridized carbons (Fsp3) is 0.143. The van der Waals surface area contributed by atoms with Crippen LogP contribution in [0.15, 0.2) is 42.6 Å². The molecule has 2 rings (SSSR count). The predicted octanol–water partition coefficient (Wildman–Crippen LogP) is 2.81. The average Bonchev–Trinajstić information content (AvgIpc) is 2.40. The Kier molecular flexibility index (Phi) is 4.02. The number of amides is 1. The molecule has 1 heterocycles. The molecule has 0 aliphatic carbocycles. The third-order valence-electron chi connectivity index (χ3n) is 2.74. The van der Waals surface area contributed by atoms with E-state index in [2.05, 4.69) is 10.3 Å². The molecule has 0 saturated carbocycles. The van der Waals surface area contributed by atoms with Gasteiger partial charge < -0.3 is 11.1 Å². The number of nitrogens with one attached hydrogen (secondary N) is 1. The van der Waals surface area contributed by atoms with Gasteiger partial charge in [-0.05, 0) is 36.8 Å². The molecule has 0 radical (unpaired) electrons. The molecule has 0 aliphatic heterocycles. The molecule has 0 bridgehead atoms. The SMILES string of the molecule is CC(NC(=O)c1ccc(Cl)cn1)c1ccc(N)cc1. The van der Waals surface area contributed by atoms with E-state index in [-0.39, 0.29) is 11.9 Å². The van der Waals surface area contributed by atoms with Crippen LogP contribution in [0.25, 0.3) is 0 Å². The Bertz CT molecular complexity index is 566. The highest BCUT2D eigenvalue weighted by molar-refractivity contribution is 6.30. The number of hydrogen-bond donors (Lipinski definition) is 2. The zero-order chi connectivity index (χ0) is 13.8. The Balaban J connectivity index is 2.06. The minimum absolute atomic E-state index is 0.120. The van der Waals surface area contributed by atoms with E-state index in [1.54, 1.807) is 24.3 Å². The first-order valence-corrected chi connectivity index (χ1v) is 6.22. The Hall–Kier alpha value is -2.07. The van der Waals surface area contributed by atoms with E-state index < -0.39 is 0 Å². The van der Waals surface area contributed by atoms with Crippen LogP contribution in [0.5, 0.6) is 0 Å². The molecule has 0 aliphatic rings. The van der Waals surface area contributed by atoms with Gasteiger partial charge in [0.1, 0.15) is 5.69 Å². The summed E-state index contributed by atoms with van der Waals surface area (Å²) in [5, 5.41) is 3.37. The predicted molar refractivity (Wildman–Crippen MR) is 76.0 cm³/mol. The molecular formula is C14H14ClN3O. The zero-order valence-corrected chi connectivity index (χ0v) is 11.2. The van der Waals surface area contributed by atoms with Crippen molar-refractivity contribution in [3.63, 3.8) is 0 Å². The van der Waals surface area contributed by atoms with Crippen molar-refractivity contribution in [1.29, 1.82) is 0 Å². The lowest BCUT2D eigenvalue weighted by molar-refractivity contribution is 0.0935. The lowest BCUT2D eigenvalue weighted by Gasteiger charge is -2.14. The highest BCUT2D eigenvalue weighted by Gasteiger charge is 2.12. The first-order valence-electron chi connectivity index (χ1n) is 5.84. The number of carbonyl (C=O) groups is 1. The van der Waals surface area contributed by atoms with Gasteiger partial charge in [0.15, 0.2) is 0 Å². The molecule has 1 amide bonds. The van der Waals surface area contributed by atoms with Gasteiger partial charge >= 0.3 is 0 Å². The quantitative estimate of drug-likeness (QED) is 0.847. The van der Waals surface area contributed by atoms with Crippen molar-refractivity contribution < 1.29 is 4.79 Å². The van der Waals surface area contributed by atoms with Crippen LogP contribution in [-0.2, 0) is 0 Å². The molecule has 4 nitrogen and oxygen atoms in total. The van der Waals surface area contributed by atoms with Gasteiger partial charge in [0, 0.05) is 11.9 Å². The second kappa shape index (κ2) is 5.71. The molecule has 2 aromatic rings. The fourth-order valence-corrected chi connectivity index (χ4v) is 1.76. The second-order valence-electron chi connectivity index (χ2n) is 4.22. The van der Waals surface area contributed by atoms with E-state index in [0.29, 0.717) is 16.4 Å². The van der Waals surface area contributed by atoms with Crippen LogP contribution in [0.4, 0.5) is 5.69 Å². The molecule has 1 aromatic carbocycles. The van der Waals surface area contributed by atoms with E-state index in [1.165, 1.54) is 6.20 Å². The molecule has 98 valence electrons. The van der Waals surface area contributed by atoms with E-state index in [9.17, 15) is 4.79 Å².